The molecule has 0 spiro atoms. The lowest BCUT2D eigenvalue weighted by atomic mass is 10.1. The van der Waals surface area contributed by atoms with Gasteiger partial charge in [0.15, 0.2) is 0 Å². The van der Waals surface area contributed by atoms with Gasteiger partial charge in [-0.05, 0) is 24.3 Å². The first-order chi connectivity index (χ1) is 11.4. The van der Waals surface area contributed by atoms with E-state index in [2.05, 4.69) is 0 Å². The summed E-state index contributed by atoms with van der Waals surface area (Å²) in [6.45, 7) is 0.987. The number of piperidine rings is 1. The van der Waals surface area contributed by atoms with E-state index in [4.69, 9.17) is 9.15 Å². The maximum absolute atomic E-state index is 12.7. The van der Waals surface area contributed by atoms with Crippen molar-refractivity contribution in [2.24, 2.45) is 0 Å². The van der Waals surface area contributed by atoms with Gasteiger partial charge >= 0.3 is 6.18 Å². The second kappa shape index (κ2) is 6.59. The average Bonchev–Trinajstić information content (AvgIpc) is 3.09. The van der Waals surface area contributed by atoms with E-state index in [1.807, 2.05) is 0 Å². The van der Waals surface area contributed by atoms with E-state index < -0.39 is 11.7 Å². The summed E-state index contributed by atoms with van der Waals surface area (Å²) in [7, 11) is 0. The van der Waals surface area contributed by atoms with Crippen LogP contribution in [0.3, 0.4) is 0 Å². The highest BCUT2D eigenvalue weighted by Gasteiger charge is 2.31. The third kappa shape index (κ3) is 3.72. The molecule has 0 unspecified atom stereocenters. The number of carbonyl (C=O) groups is 1. The van der Waals surface area contributed by atoms with E-state index in [0.29, 0.717) is 31.5 Å². The first-order valence-corrected chi connectivity index (χ1v) is 7.59. The zero-order valence-electron chi connectivity index (χ0n) is 12.8. The van der Waals surface area contributed by atoms with Crippen LogP contribution in [-0.2, 0) is 6.18 Å². The van der Waals surface area contributed by atoms with Crippen LogP contribution in [0.1, 0.15) is 28.8 Å². The van der Waals surface area contributed by atoms with Gasteiger partial charge in [-0.2, -0.15) is 13.2 Å². The fraction of sp³-hybridized carbons (Fsp3) is 0.353. The van der Waals surface area contributed by atoms with Gasteiger partial charge in [0, 0.05) is 25.9 Å². The van der Waals surface area contributed by atoms with Crippen LogP contribution in [0.5, 0.6) is 5.75 Å². The van der Waals surface area contributed by atoms with Gasteiger partial charge in [0.1, 0.15) is 18.1 Å². The van der Waals surface area contributed by atoms with Gasteiger partial charge in [0.2, 0.25) is 0 Å². The van der Waals surface area contributed by atoms with E-state index in [1.165, 1.54) is 24.7 Å². The van der Waals surface area contributed by atoms with Crippen molar-refractivity contribution < 1.29 is 27.1 Å². The minimum absolute atomic E-state index is 0.110. The number of ether oxygens (including phenoxy) is 1. The normalized spacial score (nSPS) is 16.2. The maximum Gasteiger partial charge on any atom is 0.416 e. The van der Waals surface area contributed by atoms with E-state index >= 15 is 0 Å². The smallest absolute Gasteiger partial charge is 0.416 e. The van der Waals surface area contributed by atoms with Gasteiger partial charge in [-0.25, -0.2) is 0 Å². The SMILES string of the molecule is O=C(c1ccoc1)N1CCC(Oc2cccc(C(F)(F)F)c2)CC1. The van der Waals surface area contributed by atoms with Crippen molar-refractivity contribution in [3.8, 4) is 5.75 Å². The van der Waals surface area contributed by atoms with Crippen LogP contribution in [0.15, 0.2) is 47.3 Å². The first-order valence-electron chi connectivity index (χ1n) is 7.59. The zero-order chi connectivity index (χ0) is 17.2. The summed E-state index contributed by atoms with van der Waals surface area (Å²) >= 11 is 0. The number of hydrogen-bond donors (Lipinski definition) is 0. The number of alkyl halides is 3. The number of nitrogens with zero attached hydrogens (tertiary/aromatic N) is 1. The molecule has 1 fully saturated rings. The number of rotatable bonds is 3. The fourth-order valence-electron chi connectivity index (χ4n) is 2.68. The minimum Gasteiger partial charge on any atom is -0.490 e. The zero-order valence-corrected chi connectivity index (χ0v) is 12.8. The lowest BCUT2D eigenvalue weighted by Gasteiger charge is -2.32. The molecule has 0 N–H and O–H groups in total. The molecule has 1 saturated heterocycles. The van der Waals surface area contributed by atoms with Crippen LogP contribution in [0.2, 0.25) is 0 Å². The topological polar surface area (TPSA) is 42.7 Å². The highest BCUT2D eigenvalue weighted by Crippen LogP contribution is 2.32. The molecule has 7 heteroatoms. The molecule has 0 radical (unpaired) electrons. The molecule has 1 aromatic heterocycles. The predicted octanol–water partition coefficient (Wildman–Crippen LogP) is 3.98. The molecule has 1 aliphatic rings. The quantitative estimate of drug-likeness (QED) is 0.849. The monoisotopic (exact) mass is 339 g/mol. The Morgan fingerprint density at radius 2 is 1.96 bits per heavy atom. The van der Waals surface area contributed by atoms with Crippen molar-refractivity contribution in [2.45, 2.75) is 25.1 Å². The van der Waals surface area contributed by atoms with Crippen molar-refractivity contribution in [1.82, 2.24) is 4.90 Å². The van der Waals surface area contributed by atoms with Gasteiger partial charge < -0.3 is 14.1 Å². The van der Waals surface area contributed by atoms with Crippen LogP contribution in [0.25, 0.3) is 0 Å². The molecule has 2 aromatic rings. The molecule has 0 aliphatic carbocycles. The summed E-state index contributed by atoms with van der Waals surface area (Å²) in [4.78, 5) is 13.9. The van der Waals surface area contributed by atoms with Crippen molar-refractivity contribution >= 4 is 5.91 Å². The van der Waals surface area contributed by atoms with E-state index in [1.54, 1.807) is 11.0 Å². The largest absolute Gasteiger partial charge is 0.490 e. The van der Waals surface area contributed by atoms with Gasteiger partial charge in [0.05, 0.1) is 17.4 Å². The molecule has 2 heterocycles. The Balaban J connectivity index is 1.57. The van der Waals surface area contributed by atoms with E-state index in [9.17, 15) is 18.0 Å². The van der Waals surface area contributed by atoms with Gasteiger partial charge in [-0.3, -0.25) is 4.79 Å². The summed E-state index contributed by atoms with van der Waals surface area (Å²) in [6, 6.07) is 6.46. The Morgan fingerprint density at radius 3 is 2.58 bits per heavy atom. The molecule has 1 aliphatic heterocycles. The molecule has 0 saturated carbocycles. The summed E-state index contributed by atoms with van der Waals surface area (Å²) < 4.78 is 48.7. The molecule has 0 bridgehead atoms. The highest BCUT2D eigenvalue weighted by atomic mass is 19.4. The Kier molecular flexibility index (Phi) is 4.51. The second-order valence-electron chi connectivity index (χ2n) is 5.65. The molecule has 3 rings (SSSR count). The lowest BCUT2D eigenvalue weighted by Crippen LogP contribution is -2.41. The summed E-state index contributed by atoms with van der Waals surface area (Å²) in [5.74, 6) is 0.0886. The molecule has 1 aromatic carbocycles. The number of carbonyl (C=O) groups excluding carboxylic acids is 1. The minimum atomic E-state index is -4.39. The molecule has 0 atom stereocenters. The Morgan fingerprint density at radius 1 is 1.21 bits per heavy atom. The number of hydrogen-bond acceptors (Lipinski definition) is 3. The molecule has 128 valence electrons. The van der Waals surface area contributed by atoms with E-state index in [0.717, 1.165) is 12.1 Å². The van der Waals surface area contributed by atoms with Crippen LogP contribution in [-0.4, -0.2) is 30.0 Å². The second-order valence-corrected chi connectivity index (χ2v) is 5.65. The molecule has 24 heavy (non-hydrogen) atoms. The van der Waals surface area contributed by atoms with Gasteiger partial charge in [-0.15, -0.1) is 0 Å². The number of likely N-dealkylation sites (tertiary alicyclic amines) is 1. The van der Waals surface area contributed by atoms with Crippen molar-refractivity contribution in [1.29, 1.82) is 0 Å². The number of amides is 1. The standard InChI is InChI=1S/C17H16F3NO3/c18-17(19,20)13-2-1-3-15(10-13)24-14-4-7-21(8-5-14)16(22)12-6-9-23-11-12/h1-3,6,9-11,14H,4-5,7-8H2. The van der Waals surface area contributed by atoms with Crippen molar-refractivity contribution in [3.63, 3.8) is 0 Å². The van der Waals surface area contributed by atoms with Gasteiger partial charge in [-0.1, -0.05) is 6.07 Å². The predicted molar refractivity (Wildman–Crippen MR) is 79.7 cm³/mol. The number of furan rings is 1. The number of benzene rings is 1. The fourth-order valence-corrected chi connectivity index (χ4v) is 2.68. The Hall–Kier alpha value is -2.44. The summed E-state index contributed by atoms with van der Waals surface area (Å²) in [5, 5.41) is 0. The third-order valence-corrected chi connectivity index (χ3v) is 3.96. The highest BCUT2D eigenvalue weighted by molar-refractivity contribution is 5.93. The summed E-state index contributed by atoms with van der Waals surface area (Å²) in [5.41, 5.74) is -0.236. The Bertz CT molecular complexity index is 689. The first kappa shape index (κ1) is 16.4. The van der Waals surface area contributed by atoms with Crippen LogP contribution in [0, 0.1) is 0 Å². The lowest BCUT2D eigenvalue weighted by molar-refractivity contribution is -0.137. The third-order valence-electron chi connectivity index (χ3n) is 3.96. The molecular weight excluding hydrogens is 323 g/mol. The molecule has 1 amide bonds. The van der Waals surface area contributed by atoms with Crippen molar-refractivity contribution in [3.05, 3.63) is 54.0 Å². The Labute approximate surface area is 136 Å². The van der Waals surface area contributed by atoms with Crippen LogP contribution < -0.4 is 4.74 Å². The number of halogens is 3. The van der Waals surface area contributed by atoms with Crippen LogP contribution in [0.4, 0.5) is 13.2 Å². The summed E-state index contributed by atoms with van der Waals surface area (Å²) in [6.07, 6.45) is -0.620. The molecule has 4 nitrogen and oxygen atoms in total. The molecular formula is C17H16F3NO3. The van der Waals surface area contributed by atoms with Crippen LogP contribution >= 0.6 is 0 Å². The maximum atomic E-state index is 12.7. The average molecular weight is 339 g/mol. The van der Waals surface area contributed by atoms with Crippen molar-refractivity contribution in [2.75, 3.05) is 13.1 Å². The van der Waals surface area contributed by atoms with Gasteiger partial charge in [0.25, 0.3) is 5.91 Å². The van der Waals surface area contributed by atoms with E-state index in [-0.39, 0.29) is 17.8 Å².